The number of aliphatic hydroxyl groups is 1. The van der Waals surface area contributed by atoms with Crippen LogP contribution in [0.25, 0.3) is 0 Å². The standard InChI is InChI=1S/C16H17ClO2/c1-2-15(18)13-8-4-6-10-16(13)19-11-12-7-3-5-9-14(12)17/h3-10,15,18H,2,11H2,1H3/t15-/m1/s1. The zero-order valence-corrected chi connectivity index (χ0v) is 11.6. The van der Waals surface area contributed by atoms with Gasteiger partial charge in [-0.1, -0.05) is 54.9 Å². The third-order valence-corrected chi connectivity index (χ3v) is 3.37. The smallest absolute Gasteiger partial charge is 0.125 e. The van der Waals surface area contributed by atoms with Crippen LogP contribution in [0.1, 0.15) is 30.6 Å². The molecule has 2 rings (SSSR count). The Hall–Kier alpha value is -1.51. The first-order chi connectivity index (χ1) is 9.22. The summed E-state index contributed by atoms with van der Waals surface area (Å²) in [6, 6.07) is 15.1. The Balaban J connectivity index is 2.14. The lowest BCUT2D eigenvalue weighted by Gasteiger charge is -2.15. The van der Waals surface area contributed by atoms with Crippen LogP contribution < -0.4 is 4.74 Å². The summed E-state index contributed by atoms with van der Waals surface area (Å²) in [5, 5.41) is 10.6. The Morgan fingerprint density at radius 2 is 1.79 bits per heavy atom. The molecule has 2 nitrogen and oxygen atoms in total. The summed E-state index contributed by atoms with van der Waals surface area (Å²) in [6.07, 6.45) is 0.161. The molecule has 0 saturated heterocycles. The van der Waals surface area contributed by atoms with E-state index in [1.165, 1.54) is 0 Å². The molecule has 0 aromatic heterocycles. The predicted molar refractivity (Wildman–Crippen MR) is 77.5 cm³/mol. The van der Waals surface area contributed by atoms with Gasteiger partial charge >= 0.3 is 0 Å². The third kappa shape index (κ3) is 3.49. The molecule has 0 amide bonds. The number of aliphatic hydroxyl groups excluding tert-OH is 1. The zero-order valence-electron chi connectivity index (χ0n) is 10.8. The van der Waals surface area contributed by atoms with Crippen LogP contribution in [0.15, 0.2) is 48.5 Å². The van der Waals surface area contributed by atoms with Gasteiger partial charge in [0, 0.05) is 16.1 Å². The first kappa shape index (κ1) is 13.9. The molecule has 0 aliphatic carbocycles. The molecule has 100 valence electrons. The van der Waals surface area contributed by atoms with Crippen molar-refractivity contribution in [2.45, 2.75) is 26.1 Å². The normalized spacial score (nSPS) is 12.2. The maximum absolute atomic E-state index is 9.96. The predicted octanol–water partition coefficient (Wildman–Crippen LogP) is 4.36. The molecule has 0 bridgehead atoms. The Kier molecular flexibility index (Phi) is 4.83. The van der Waals surface area contributed by atoms with Crippen molar-refractivity contribution in [2.75, 3.05) is 0 Å². The first-order valence-corrected chi connectivity index (χ1v) is 6.73. The molecule has 0 fully saturated rings. The molecule has 0 aliphatic heterocycles. The second kappa shape index (κ2) is 6.60. The van der Waals surface area contributed by atoms with Crippen molar-refractivity contribution >= 4 is 11.6 Å². The van der Waals surface area contributed by atoms with Gasteiger partial charge in [-0.3, -0.25) is 0 Å². The highest BCUT2D eigenvalue weighted by molar-refractivity contribution is 6.31. The lowest BCUT2D eigenvalue weighted by Crippen LogP contribution is -2.02. The minimum atomic E-state index is -0.498. The largest absolute Gasteiger partial charge is 0.488 e. The van der Waals surface area contributed by atoms with Crippen LogP contribution in [0.2, 0.25) is 5.02 Å². The second-order valence-electron chi connectivity index (χ2n) is 4.34. The van der Waals surface area contributed by atoms with Gasteiger partial charge in [-0.2, -0.15) is 0 Å². The quantitative estimate of drug-likeness (QED) is 0.879. The zero-order chi connectivity index (χ0) is 13.7. The van der Waals surface area contributed by atoms with Crippen molar-refractivity contribution in [2.24, 2.45) is 0 Å². The summed E-state index contributed by atoms with van der Waals surface area (Å²) < 4.78 is 5.78. The second-order valence-corrected chi connectivity index (χ2v) is 4.75. The number of ether oxygens (including phenoxy) is 1. The Bertz CT molecular complexity index is 540. The van der Waals surface area contributed by atoms with Gasteiger partial charge in [-0.15, -0.1) is 0 Å². The highest BCUT2D eigenvalue weighted by atomic mass is 35.5. The van der Waals surface area contributed by atoms with Crippen LogP contribution >= 0.6 is 11.6 Å². The number of para-hydroxylation sites is 1. The van der Waals surface area contributed by atoms with E-state index in [0.717, 1.165) is 11.1 Å². The van der Waals surface area contributed by atoms with Gasteiger partial charge in [-0.05, 0) is 18.6 Å². The van der Waals surface area contributed by atoms with E-state index in [9.17, 15) is 5.11 Å². The molecule has 0 saturated carbocycles. The van der Waals surface area contributed by atoms with E-state index in [1.54, 1.807) is 0 Å². The van der Waals surface area contributed by atoms with Crippen LogP contribution in [-0.4, -0.2) is 5.11 Å². The van der Waals surface area contributed by atoms with E-state index in [-0.39, 0.29) is 0 Å². The maximum Gasteiger partial charge on any atom is 0.125 e. The Morgan fingerprint density at radius 3 is 2.53 bits per heavy atom. The van der Waals surface area contributed by atoms with Gasteiger partial charge < -0.3 is 9.84 Å². The third-order valence-electron chi connectivity index (χ3n) is 3.01. The van der Waals surface area contributed by atoms with Gasteiger partial charge in [0.05, 0.1) is 6.10 Å². The highest BCUT2D eigenvalue weighted by Crippen LogP contribution is 2.28. The van der Waals surface area contributed by atoms with Gasteiger partial charge in [-0.25, -0.2) is 0 Å². The van der Waals surface area contributed by atoms with Gasteiger partial charge in [0.25, 0.3) is 0 Å². The monoisotopic (exact) mass is 276 g/mol. The van der Waals surface area contributed by atoms with Gasteiger partial charge in [0.1, 0.15) is 12.4 Å². The van der Waals surface area contributed by atoms with Gasteiger partial charge in [0.15, 0.2) is 0 Å². The molecule has 0 heterocycles. The molecule has 3 heteroatoms. The molecule has 1 atom stereocenters. The van der Waals surface area contributed by atoms with E-state index in [0.29, 0.717) is 23.8 Å². The number of benzene rings is 2. The Labute approximate surface area is 118 Å². The fraction of sp³-hybridized carbons (Fsp3) is 0.250. The molecular weight excluding hydrogens is 260 g/mol. The van der Waals surface area contributed by atoms with E-state index in [2.05, 4.69) is 0 Å². The lowest BCUT2D eigenvalue weighted by atomic mass is 10.1. The molecule has 1 N–H and O–H groups in total. The van der Waals surface area contributed by atoms with E-state index < -0.39 is 6.10 Å². The molecular formula is C16H17ClO2. The molecule has 2 aromatic carbocycles. The van der Waals surface area contributed by atoms with Crippen molar-refractivity contribution in [1.82, 2.24) is 0 Å². The van der Waals surface area contributed by atoms with E-state index in [1.807, 2.05) is 55.5 Å². The van der Waals surface area contributed by atoms with Crippen molar-refractivity contribution < 1.29 is 9.84 Å². The van der Waals surface area contributed by atoms with Crippen LogP contribution in [0.3, 0.4) is 0 Å². The van der Waals surface area contributed by atoms with E-state index in [4.69, 9.17) is 16.3 Å². The molecule has 0 spiro atoms. The fourth-order valence-corrected chi connectivity index (χ4v) is 2.07. The summed E-state index contributed by atoms with van der Waals surface area (Å²) in [5.74, 6) is 0.705. The first-order valence-electron chi connectivity index (χ1n) is 6.35. The summed E-state index contributed by atoms with van der Waals surface area (Å²) in [7, 11) is 0. The summed E-state index contributed by atoms with van der Waals surface area (Å²) >= 11 is 6.09. The van der Waals surface area contributed by atoms with Crippen molar-refractivity contribution in [1.29, 1.82) is 0 Å². The topological polar surface area (TPSA) is 29.5 Å². The summed E-state index contributed by atoms with van der Waals surface area (Å²) in [4.78, 5) is 0. The number of hydrogen-bond acceptors (Lipinski definition) is 2. The fourth-order valence-electron chi connectivity index (χ4n) is 1.88. The SMILES string of the molecule is CC[C@@H](O)c1ccccc1OCc1ccccc1Cl. The average Bonchev–Trinajstić information content (AvgIpc) is 2.46. The van der Waals surface area contributed by atoms with E-state index >= 15 is 0 Å². The molecule has 0 radical (unpaired) electrons. The van der Waals surface area contributed by atoms with Gasteiger partial charge in [0.2, 0.25) is 0 Å². The number of halogens is 1. The van der Waals surface area contributed by atoms with Crippen molar-refractivity contribution in [3.05, 3.63) is 64.7 Å². The minimum absolute atomic E-state index is 0.396. The molecule has 19 heavy (non-hydrogen) atoms. The van der Waals surface area contributed by atoms with Crippen LogP contribution in [0, 0.1) is 0 Å². The lowest BCUT2D eigenvalue weighted by molar-refractivity contribution is 0.166. The summed E-state index contributed by atoms with van der Waals surface area (Å²) in [5.41, 5.74) is 1.75. The van der Waals surface area contributed by atoms with Crippen molar-refractivity contribution in [3.8, 4) is 5.75 Å². The maximum atomic E-state index is 9.96. The molecule has 0 aliphatic rings. The Morgan fingerprint density at radius 1 is 1.11 bits per heavy atom. The minimum Gasteiger partial charge on any atom is -0.488 e. The summed E-state index contributed by atoms with van der Waals surface area (Å²) in [6.45, 7) is 2.34. The van der Waals surface area contributed by atoms with Crippen LogP contribution in [0.5, 0.6) is 5.75 Å². The molecule has 0 unspecified atom stereocenters. The highest BCUT2D eigenvalue weighted by Gasteiger charge is 2.11. The number of rotatable bonds is 5. The average molecular weight is 277 g/mol. The van der Waals surface area contributed by atoms with Crippen molar-refractivity contribution in [3.63, 3.8) is 0 Å². The molecule has 2 aromatic rings. The van der Waals surface area contributed by atoms with Crippen LogP contribution in [0.4, 0.5) is 0 Å². The van der Waals surface area contributed by atoms with Crippen LogP contribution in [-0.2, 0) is 6.61 Å². The number of hydrogen-bond donors (Lipinski definition) is 1.